The smallest absolute Gasteiger partial charge is 0.174 e. The number of carbonyl (C=O) groups is 1. The fourth-order valence-electron chi connectivity index (χ4n) is 1.83. The Morgan fingerprint density at radius 3 is 2.58 bits per heavy atom. The summed E-state index contributed by atoms with van der Waals surface area (Å²) in [7, 11) is 0. The summed E-state index contributed by atoms with van der Waals surface area (Å²) in [5.41, 5.74) is 2.34. The van der Waals surface area contributed by atoms with Crippen LogP contribution in [0.2, 0.25) is 0 Å². The van der Waals surface area contributed by atoms with Gasteiger partial charge < -0.3 is 4.98 Å². The first-order valence-electron chi connectivity index (χ1n) is 5.74. The predicted molar refractivity (Wildman–Crippen MR) is 71.7 cm³/mol. The molecular formula is C14H13F2NOS. The molecule has 2 aromatic rings. The highest BCUT2D eigenvalue weighted by Gasteiger charge is 2.13. The van der Waals surface area contributed by atoms with E-state index in [2.05, 4.69) is 4.98 Å². The first-order chi connectivity index (χ1) is 8.97. The second-order valence-corrected chi connectivity index (χ2v) is 5.29. The van der Waals surface area contributed by atoms with Gasteiger partial charge in [0.1, 0.15) is 11.6 Å². The third-order valence-electron chi connectivity index (χ3n) is 2.70. The van der Waals surface area contributed by atoms with E-state index < -0.39 is 11.6 Å². The number of thioether (sulfide) groups is 1. The van der Waals surface area contributed by atoms with E-state index >= 15 is 0 Å². The molecule has 1 aromatic heterocycles. The molecule has 2 nitrogen and oxygen atoms in total. The minimum Gasteiger partial charge on any atom is -0.362 e. The van der Waals surface area contributed by atoms with Crippen LogP contribution in [-0.2, 0) is 0 Å². The topological polar surface area (TPSA) is 32.9 Å². The Hall–Kier alpha value is -1.62. The predicted octanol–water partition coefficient (Wildman–Crippen LogP) is 3.88. The van der Waals surface area contributed by atoms with E-state index in [1.807, 2.05) is 13.8 Å². The summed E-state index contributed by atoms with van der Waals surface area (Å²) in [5.74, 6) is -1.21. The van der Waals surface area contributed by atoms with Crippen LogP contribution in [0.4, 0.5) is 8.78 Å². The van der Waals surface area contributed by atoms with Gasteiger partial charge in [-0.25, -0.2) is 8.78 Å². The Morgan fingerprint density at radius 2 is 2.00 bits per heavy atom. The van der Waals surface area contributed by atoms with Crippen LogP contribution in [0, 0.1) is 25.5 Å². The highest BCUT2D eigenvalue weighted by atomic mass is 32.2. The lowest BCUT2D eigenvalue weighted by molar-refractivity contribution is 0.102. The van der Waals surface area contributed by atoms with Crippen molar-refractivity contribution in [3.05, 3.63) is 52.9 Å². The zero-order valence-corrected chi connectivity index (χ0v) is 11.4. The molecule has 0 radical (unpaired) electrons. The molecule has 0 unspecified atom stereocenters. The molecule has 0 aliphatic heterocycles. The van der Waals surface area contributed by atoms with E-state index in [-0.39, 0.29) is 16.4 Å². The van der Waals surface area contributed by atoms with Crippen LogP contribution in [-0.4, -0.2) is 16.5 Å². The van der Waals surface area contributed by atoms with Gasteiger partial charge in [0.25, 0.3) is 0 Å². The van der Waals surface area contributed by atoms with Crippen LogP contribution in [0.3, 0.4) is 0 Å². The molecule has 1 N–H and O–H groups in total. The number of halogens is 2. The maximum absolute atomic E-state index is 13.4. The number of H-pyrrole nitrogens is 1. The van der Waals surface area contributed by atoms with Crippen molar-refractivity contribution in [2.24, 2.45) is 0 Å². The SMILES string of the molecule is Cc1cc(C(=O)CSc2ccc(F)cc2F)c(C)[nH]1. The van der Waals surface area contributed by atoms with Crippen molar-refractivity contribution in [3.63, 3.8) is 0 Å². The Labute approximate surface area is 114 Å². The average molecular weight is 281 g/mol. The molecule has 0 aliphatic rings. The second kappa shape index (κ2) is 5.57. The van der Waals surface area contributed by atoms with Crippen molar-refractivity contribution in [2.75, 3.05) is 5.75 Å². The number of hydrogen-bond acceptors (Lipinski definition) is 2. The number of Topliss-reactive ketones (excluding diaryl/α,β-unsaturated/α-hetero) is 1. The van der Waals surface area contributed by atoms with Crippen molar-refractivity contribution >= 4 is 17.5 Å². The summed E-state index contributed by atoms with van der Waals surface area (Å²) >= 11 is 1.07. The molecule has 1 heterocycles. The highest BCUT2D eigenvalue weighted by Crippen LogP contribution is 2.24. The molecule has 0 atom stereocenters. The molecule has 0 saturated heterocycles. The van der Waals surface area contributed by atoms with Gasteiger partial charge in [-0.1, -0.05) is 0 Å². The third kappa shape index (κ3) is 3.23. The maximum atomic E-state index is 13.4. The van der Waals surface area contributed by atoms with E-state index in [9.17, 15) is 13.6 Å². The molecule has 5 heteroatoms. The maximum Gasteiger partial charge on any atom is 0.174 e. The molecule has 100 valence electrons. The van der Waals surface area contributed by atoms with Crippen LogP contribution >= 0.6 is 11.8 Å². The number of carbonyl (C=O) groups excluding carboxylic acids is 1. The molecule has 0 fully saturated rings. The molecule has 0 aliphatic carbocycles. The summed E-state index contributed by atoms with van der Waals surface area (Å²) in [6, 6.07) is 5.12. The van der Waals surface area contributed by atoms with Crippen LogP contribution in [0.1, 0.15) is 21.7 Å². The first-order valence-corrected chi connectivity index (χ1v) is 6.73. The van der Waals surface area contributed by atoms with Gasteiger partial charge in [0.15, 0.2) is 5.78 Å². The molecule has 0 saturated carbocycles. The lowest BCUT2D eigenvalue weighted by Gasteiger charge is -2.03. The number of hydrogen-bond donors (Lipinski definition) is 1. The van der Waals surface area contributed by atoms with Crippen molar-refractivity contribution in [3.8, 4) is 0 Å². The van der Waals surface area contributed by atoms with E-state index in [4.69, 9.17) is 0 Å². The Morgan fingerprint density at radius 1 is 1.26 bits per heavy atom. The molecule has 0 amide bonds. The third-order valence-corrected chi connectivity index (χ3v) is 3.75. The van der Waals surface area contributed by atoms with Gasteiger partial charge in [0.05, 0.1) is 5.75 Å². The zero-order valence-electron chi connectivity index (χ0n) is 10.6. The number of aryl methyl sites for hydroxylation is 2. The van der Waals surface area contributed by atoms with E-state index in [1.165, 1.54) is 12.1 Å². The standard InChI is InChI=1S/C14H13F2NOS/c1-8-5-11(9(2)17-8)13(18)7-19-14-4-3-10(15)6-12(14)16/h3-6,17H,7H2,1-2H3. The molecule has 0 spiro atoms. The normalized spacial score (nSPS) is 10.7. The number of aromatic nitrogens is 1. The van der Waals surface area contributed by atoms with Crippen LogP contribution in [0.25, 0.3) is 0 Å². The average Bonchev–Trinajstić information content (AvgIpc) is 2.67. The van der Waals surface area contributed by atoms with Crippen molar-refractivity contribution in [1.82, 2.24) is 4.98 Å². The van der Waals surface area contributed by atoms with Crippen LogP contribution in [0.5, 0.6) is 0 Å². The van der Waals surface area contributed by atoms with E-state index in [1.54, 1.807) is 6.07 Å². The highest BCUT2D eigenvalue weighted by molar-refractivity contribution is 8.00. The van der Waals surface area contributed by atoms with Crippen LogP contribution < -0.4 is 0 Å². The summed E-state index contributed by atoms with van der Waals surface area (Å²) in [6.07, 6.45) is 0. The monoisotopic (exact) mass is 281 g/mol. The van der Waals surface area contributed by atoms with Crippen molar-refractivity contribution < 1.29 is 13.6 Å². The molecular weight excluding hydrogens is 268 g/mol. The number of rotatable bonds is 4. The lowest BCUT2D eigenvalue weighted by atomic mass is 10.2. The Bertz CT molecular complexity index is 622. The Kier molecular flexibility index (Phi) is 4.04. The summed E-state index contributed by atoms with van der Waals surface area (Å²) in [6.45, 7) is 3.69. The fraction of sp³-hybridized carbons (Fsp3) is 0.214. The van der Waals surface area contributed by atoms with Gasteiger partial charge in [-0.2, -0.15) is 0 Å². The summed E-state index contributed by atoms with van der Waals surface area (Å²) in [5, 5.41) is 0. The summed E-state index contributed by atoms with van der Waals surface area (Å²) in [4.78, 5) is 15.3. The van der Waals surface area contributed by atoms with Crippen molar-refractivity contribution in [2.45, 2.75) is 18.7 Å². The Balaban J connectivity index is 2.06. The van der Waals surface area contributed by atoms with E-state index in [0.29, 0.717) is 5.56 Å². The van der Waals surface area contributed by atoms with Gasteiger partial charge in [-0.05, 0) is 32.0 Å². The zero-order chi connectivity index (χ0) is 14.0. The molecule has 19 heavy (non-hydrogen) atoms. The minimum atomic E-state index is -0.639. The quantitative estimate of drug-likeness (QED) is 0.681. The van der Waals surface area contributed by atoms with Crippen LogP contribution in [0.15, 0.2) is 29.2 Å². The van der Waals surface area contributed by atoms with Crippen molar-refractivity contribution in [1.29, 1.82) is 0 Å². The summed E-state index contributed by atoms with van der Waals surface area (Å²) < 4.78 is 26.2. The van der Waals surface area contributed by atoms with E-state index in [0.717, 1.165) is 29.2 Å². The largest absolute Gasteiger partial charge is 0.362 e. The number of ketones is 1. The van der Waals surface area contributed by atoms with Gasteiger partial charge in [-0.15, -0.1) is 11.8 Å². The number of aromatic amines is 1. The number of nitrogens with one attached hydrogen (secondary N) is 1. The van der Waals surface area contributed by atoms with Gasteiger partial charge in [0.2, 0.25) is 0 Å². The molecule has 0 bridgehead atoms. The first kappa shape index (κ1) is 13.8. The number of benzene rings is 1. The fourth-order valence-corrected chi connectivity index (χ4v) is 2.63. The van der Waals surface area contributed by atoms with Gasteiger partial charge >= 0.3 is 0 Å². The van der Waals surface area contributed by atoms with Gasteiger partial charge in [-0.3, -0.25) is 4.79 Å². The molecule has 1 aromatic carbocycles. The lowest BCUT2D eigenvalue weighted by Crippen LogP contribution is -2.03. The minimum absolute atomic E-state index is 0.0735. The van der Waals surface area contributed by atoms with Gasteiger partial charge in [0, 0.05) is 27.9 Å². The molecule has 2 rings (SSSR count). The second-order valence-electron chi connectivity index (χ2n) is 4.28.